The smallest absolute Gasteiger partial charge is 0.245 e. The van der Waals surface area contributed by atoms with Crippen molar-refractivity contribution in [3.63, 3.8) is 0 Å². The highest BCUT2D eigenvalue weighted by molar-refractivity contribution is 5.93. The van der Waals surface area contributed by atoms with Gasteiger partial charge in [-0.15, -0.1) is 0 Å². The molecule has 5 atom stereocenters. The largest absolute Gasteiger partial charge is 0.496 e. The predicted octanol–water partition coefficient (Wildman–Crippen LogP) is 2.19. The van der Waals surface area contributed by atoms with Crippen LogP contribution in [0.5, 0.6) is 5.75 Å². The molecule has 12 nitrogen and oxygen atoms in total. The molecule has 2 aliphatic rings. The second-order valence-corrected chi connectivity index (χ2v) is 15.5. The Morgan fingerprint density at radius 3 is 2.33 bits per heavy atom. The summed E-state index contributed by atoms with van der Waals surface area (Å²) in [7, 11) is 1.53. The van der Waals surface area contributed by atoms with Crippen LogP contribution in [0.2, 0.25) is 0 Å². The first-order chi connectivity index (χ1) is 24.5. The summed E-state index contributed by atoms with van der Waals surface area (Å²) in [4.78, 5) is 28.7. The summed E-state index contributed by atoms with van der Waals surface area (Å²) in [6, 6.07) is 9.96. The van der Waals surface area contributed by atoms with Crippen LogP contribution >= 0.6 is 0 Å². The predicted molar refractivity (Wildman–Crippen MR) is 201 cm³/mol. The zero-order chi connectivity index (χ0) is 38.4. The highest BCUT2D eigenvalue weighted by Gasteiger charge is 2.45. The van der Waals surface area contributed by atoms with Crippen molar-refractivity contribution in [3.8, 4) is 5.75 Å². The van der Waals surface area contributed by atoms with Gasteiger partial charge in [-0.1, -0.05) is 44.2 Å². The van der Waals surface area contributed by atoms with Crippen molar-refractivity contribution in [2.75, 3.05) is 53.0 Å². The number of benzene rings is 2. The van der Waals surface area contributed by atoms with Gasteiger partial charge >= 0.3 is 0 Å². The molecule has 4 rings (SSSR count). The van der Waals surface area contributed by atoms with E-state index in [1.165, 1.54) is 7.11 Å². The number of aryl methyl sites for hydroxylation is 1. The minimum atomic E-state index is -1.50. The fraction of sp³-hybridized carbons (Fsp3) is 0.600. The molecule has 52 heavy (non-hydrogen) atoms. The number of amides is 2. The molecular formula is C40H60N4O8. The number of hydrogen-bond donors (Lipinski definition) is 7. The van der Waals surface area contributed by atoms with Gasteiger partial charge in [0.15, 0.2) is 0 Å². The van der Waals surface area contributed by atoms with Crippen molar-refractivity contribution in [1.29, 1.82) is 0 Å². The summed E-state index contributed by atoms with van der Waals surface area (Å²) < 4.78 is 11.6. The van der Waals surface area contributed by atoms with Crippen LogP contribution in [-0.2, 0) is 20.7 Å². The molecule has 2 amide bonds. The maximum Gasteiger partial charge on any atom is 0.245 e. The number of methoxy groups -OCH3 is 1. The first-order valence-electron chi connectivity index (χ1n) is 18.3. The Morgan fingerprint density at radius 2 is 1.71 bits per heavy atom. The lowest BCUT2D eigenvalue weighted by atomic mass is 9.85. The van der Waals surface area contributed by atoms with Crippen molar-refractivity contribution in [3.05, 3.63) is 69.8 Å². The maximum atomic E-state index is 13.4. The van der Waals surface area contributed by atoms with Crippen LogP contribution in [0.4, 0.5) is 0 Å². The third-order valence-corrected chi connectivity index (χ3v) is 10.3. The van der Waals surface area contributed by atoms with Crippen LogP contribution in [0.15, 0.2) is 36.4 Å². The van der Waals surface area contributed by atoms with Crippen LogP contribution in [0.1, 0.15) is 86.9 Å². The van der Waals surface area contributed by atoms with Crippen molar-refractivity contribution in [2.45, 2.75) is 96.9 Å². The van der Waals surface area contributed by atoms with Gasteiger partial charge in [0.05, 0.1) is 19.1 Å². The molecule has 0 bridgehead atoms. The minimum Gasteiger partial charge on any atom is -0.496 e. The molecule has 12 heteroatoms. The third kappa shape index (κ3) is 9.98. The van der Waals surface area contributed by atoms with E-state index < -0.39 is 48.1 Å². The quantitative estimate of drug-likeness (QED) is 0.153. The Balaban J connectivity index is 1.47. The molecule has 7 N–H and O–H groups in total. The van der Waals surface area contributed by atoms with E-state index >= 15 is 0 Å². The Kier molecular flexibility index (Phi) is 14.0. The van der Waals surface area contributed by atoms with Gasteiger partial charge in [0.2, 0.25) is 11.8 Å². The van der Waals surface area contributed by atoms with E-state index in [1.807, 2.05) is 51.1 Å². The van der Waals surface area contributed by atoms with Gasteiger partial charge in [-0.25, -0.2) is 0 Å². The van der Waals surface area contributed by atoms with E-state index in [9.17, 15) is 30.0 Å². The van der Waals surface area contributed by atoms with Gasteiger partial charge in [-0.05, 0) is 86.9 Å². The lowest BCUT2D eigenvalue weighted by Gasteiger charge is -2.40. The highest BCUT2D eigenvalue weighted by Crippen LogP contribution is 2.40. The fourth-order valence-electron chi connectivity index (χ4n) is 6.70. The molecule has 2 aromatic rings. The van der Waals surface area contributed by atoms with Crippen molar-refractivity contribution >= 4 is 17.9 Å². The molecule has 2 fully saturated rings. The number of carbonyl (C=O) groups is 2. The summed E-state index contributed by atoms with van der Waals surface area (Å²) >= 11 is 0. The molecule has 2 aliphatic heterocycles. The van der Waals surface area contributed by atoms with Gasteiger partial charge < -0.3 is 45.9 Å². The average molecular weight is 725 g/mol. The van der Waals surface area contributed by atoms with Crippen molar-refractivity contribution in [1.82, 2.24) is 20.9 Å². The molecule has 0 spiro atoms. The number of rotatable bonds is 14. The molecule has 0 unspecified atom stereocenters. The minimum absolute atomic E-state index is 0.150. The van der Waals surface area contributed by atoms with Gasteiger partial charge in [0.1, 0.15) is 41.8 Å². The Bertz CT molecular complexity index is 1570. The normalized spacial score (nSPS) is 23.2. The van der Waals surface area contributed by atoms with Crippen LogP contribution < -0.4 is 20.7 Å². The van der Waals surface area contributed by atoms with Crippen molar-refractivity contribution < 1.29 is 39.5 Å². The van der Waals surface area contributed by atoms with Gasteiger partial charge in [0.25, 0.3) is 0 Å². The van der Waals surface area contributed by atoms with E-state index in [2.05, 4.69) is 46.8 Å². The maximum absolute atomic E-state index is 13.4. The first-order valence-corrected chi connectivity index (χ1v) is 18.3. The molecule has 288 valence electrons. The molecule has 0 aromatic heterocycles. The number of nitrogens with one attached hydrogen (secondary N) is 3. The first kappa shape index (κ1) is 41.4. The van der Waals surface area contributed by atoms with Gasteiger partial charge in [-0.3, -0.25) is 14.5 Å². The molecule has 0 saturated carbocycles. The van der Waals surface area contributed by atoms with E-state index in [0.29, 0.717) is 24.3 Å². The molecule has 0 radical (unpaired) electrons. The van der Waals surface area contributed by atoms with Crippen LogP contribution in [0, 0.1) is 12.3 Å². The monoisotopic (exact) mass is 724 g/mol. The second kappa shape index (κ2) is 17.6. The zero-order valence-electron chi connectivity index (χ0n) is 32.0. The summed E-state index contributed by atoms with van der Waals surface area (Å²) in [6.07, 6.45) is -2.12. The summed E-state index contributed by atoms with van der Waals surface area (Å²) in [5, 5.41) is 50.7. The Labute approximate surface area is 308 Å². The molecule has 2 aromatic carbocycles. The SMILES string of the molecule is COc1cc(C(C)C)c(Cc2ccc(/C=C/C(C)(C)C(=O)NC(C)(C)C(=O)NCCN3CCNCC3)cc2C)cc1[C@@H]1O[C@H](CO)[C@@H](O)[C@H](O)[C@H]1O. The van der Waals surface area contributed by atoms with Crippen molar-refractivity contribution in [2.24, 2.45) is 5.41 Å². The van der Waals surface area contributed by atoms with E-state index in [1.54, 1.807) is 13.8 Å². The number of aliphatic hydroxyl groups is 4. The Morgan fingerprint density at radius 1 is 1.02 bits per heavy atom. The van der Waals surface area contributed by atoms with Crippen LogP contribution in [0.3, 0.4) is 0 Å². The molecule has 2 heterocycles. The lowest BCUT2D eigenvalue weighted by Crippen LogP contribution is -2.58. The van der Waals surface area contributed by atoms with Gasteiger partial charge in [0, 0.05) is 44.8 Å². The van der Waals surface area contributed by atoms with E-state index in [0.717, 1.165) is 60.5 Å². The fourth-order valence-corrected chi connectivity index (χ4v) is 6.70. The third-order valence-electron chi connectivity index (χ3n) is 10.3. The molecular weight excluding hydrogens is 664 g/mol. The lowest BCUT2D eigenvalue weighted by molar-refractivity contribution is -0.232. The summed E-state index contributed by atoms with van der Waals surface area (Å²) in [5.41, 5.74) is 3.64. The molecule has 0 aliphatic carbocycles. The standard InChI is InChI=1S/C40H60N4O8/c1-24(2)29-22-31(51-8)30(36-35(48)34(47)33(46)32(23-45)52-36)21-28(29)20-27-10-9-26(19-25(27)3)11-12-39(4,5)37(49)43-40(6,7)38(50)42-15-18-44-16-13-41-14-17-44/h9-12,19,21-22,24,32-36,41,45-48H,13-18,20,23H2,1-8H3,(H,42,50)(H,43,49)/b12-11+/t32-,33-,34+,35-,36+/m1/s1. The number of nitrogens with zero attached hydrogens (tertiary/aromatic N) is 1. The topological polar surface area (TPSA) is 173 Å². The number of piperazine rings is 1. The summed E-state index contributed by atoms with van der Waals surface area (Å²) in [6.45, 7) is 17.9. The molecule has 2 saturated heterocycles. The second-order valence-electron chi connectivity index (χ2n) is 15.5. The Hall–Kier alpha value is -3.36. The number of ether oxygens (including phenoxy) is 2. The number of carbonyl (C=O) groups excluding carboxylic acids is 2. The number of hydrogen-bond acceptors (Lipinski definition) is 10. The van der Waals surface area contributed by atoms with Crippen LogP contribution in [0.25, 0.3) is 6.08 Å². The van der Waals surface area contributed by atoms with Crippen LogP contribution in [-0.4, -0.2) is 120 Å². The summed E-state index contributed by atoms with van der Waals surface area (Å²) in [5.74, 6) is 0.155. The zero-order valence-corrected chi connectivity index (χ0v) is 32.0. The highest BCUT2D eigenvalue weighted by atomic mass is 16.5. The number of aliphatic hydroxyl groups excluding tert-OH is 4. The van der Waals surface area contributed by atoms with E-state index in [4.69, 9.17) is 9.47 Å². The van der Waals surface area contributed by atoms with E-state index in [-0.39, 0.29) is 17.7 Å². The van der Waals surface area contributed by atoms with Gasteiger partial charge in [-0.2, -0.15) is 0 Å². The average Bonchev–Trinajstić information content (AvgIpc) is 3.11.